The lowest BCUT2D eigenvalue weighted by Gasteiger charge is -2.24. The van der Waals surface area contributed by atoms with Gasteiger partial charge >= 0.3 is 0 Å². The summed E-state index contributed by atoms with van der Waals surface area (Å²) >= 11 is 0. The first-order valence-electron chi connectivity index (χ1n) is 11.9. The summed E-state index contributed by atoms with van der Waals surface area (Å²) in [5.74, 6) is 1.44. The van der Waals surface area contributed by atoms with Gasteiger partial charge in [0.2, 0.25) is 0 Å². The molecule has 0 saturated carbocycles. The molecule has 6 aromatic rings. The molecule has 2 heterocycles. The van der Waals surface area contributed by atoms with E-state index in [1.54, 1.807) is 24.8 Å². The predicted molar refractivity (Wildman–Crippen MR) is 144 cm³/mol. The Morgan fingerprint density at radius 1 is 0.306 bits per heavy atom. The van der Waals surface area contributed by atoms with Crippen LogP contribution in [0.25, 0.3) is 67.3 Å². The minimum Gasteiger partial charge on any atom is -0.237 e. The van der Waals surface area contributed by atoms with E-state index in [2.05, 4.69) is 105 Å². The second kappa shape index (κ2) is 8.36. The highest BCUT2D eigenvalue weighted by Crippen LogP contribution is 2.48. The summed E-state index contributed by atoms with van der Waals surface area (Å²) in [4.78, 5) is 18.0. The molecule has 2 aromatic heterocycles. The number of hydrogen-bond donors (Lipinski definition) is 0. The third kappa shape index (κ3) is 3.31. The van der Waals surface area contributed by atoms with Gasteiger partial charge in [0.25, 0.3) is 0 Å². The quantitative estimate of drug-likeness (QED) is 0.267. The van der Waals surface area contributed by atoms with Gasteiger partial charge in [-0.1, -0.05) is 72.8 Å². The Morgan fingerprint density at radius 3 is 1.03 bits per heavy atom. The molecule has 168 valence electrons. The van der Waals surface area contributed by atoms with Crippen LogP contribution in [0.2, 0.25) is 0 Å². The summed E-state index contributed by atoms with van der Waals surface area (Å²) in [6.07, 6.45) is 7.13. The van der Waals surface area contributed by atoms with Crippen LogP contribution in [0.5, 0.6) is 0 Å². The number of fused-ring (bicyclic) bond motifs is 8. The highest BCUT2D eigenvalue weighted by Gasteiger charge is 2.23. The third-order valence-electron chi connectivity index (χ3n) is 6.70. The first-order chi connectivity index (χ1) is 17.9. The van der Waals surface area contributed by atoms with Crippen LogP contribution >= 0.6 is 0 Å². The molecule has 0 saturated heterocycles. The lowest BCUT2D eigenvalue weighted by molar-refractivity contribution is 1.17. The summed E-state index contributed by atoms with van der Waals surface area (Å²) in [6, 6.07) is 34.0. The molecule has 0 bridgehead atoms. The Morgan fingerprint density at radius 2 is 0.639 bits per heavy atom. The predicted octanol–water partition coefficient (Wildman–Crippen LogP) is 7.58. The molecular formula is C32H20N4. The maximum absolute atomic E-state index is 4.50. The van der Waals surface area contributed by atoms with Crippen LogP contribution in [0.3, 0.4) is 0 Å². The minimum absolute atomic E-state index is 0.719. The molecule has 0 fully saturated rings. The zero-order chi connectivity index (χ0) is 23.9. The first kappa shape index (κ1) is 20.4. The Balaban J connectivity index is 1.56. The van der Waals surface area contributed by atoms with Crippen molar-refractivity contribution in [3.05, 3.63) is 122 Å². The van der Waals surface area contributed by atoms with E-state index in [0.29, 0.717) is 0 Å². The zero-order valence-corrected chi connectivity index (χ0v) is 19.3. The van der Waals surface area contributed by atoms with Crippen molar-refractivity contribution in [2.24, 2.45) is 0 Å². The van der Waals surface area contributed by atoms with E-state index in [1.165, 1.54) is 33.4 Å². The highest BCUT2D eigenvalue weighted by molar-refractivity contribution is 6.04. The Kier molecular flexibility index (Phi) is 4.74. The third-order valence-corrected chi connectivity index (χ3v) is 6.70. The SMILES string of the molecule is c1cnc(-c2ccc3c(c2)-c2ccccc2-c2ccccc2-c2cc(-c4ncccn4)ccc2-3)nc1. The Bertz CT molecular complexity index is 1600. The van der Waals surface area contributed by atoms with Gasteiger partial charge in [0.05, 0.1) is 0 Å². The van der Waals surface area contributed by atoms with E-state index in [4.69, 9.17) is 0 Å². The molecule has 0 amide bonds. The summed E-state index contributed by atoms with van der Waals surface area (Å²) < 4.78 is 0. The molecule has 0 N–H and O–H groups in total. The molecule has 0 radical (unpaired) electrons. The maximum atomic E-state index is 4.50. The van der Waals surface area contributed by atoms with Crippen LogP contribution in [-0.4, -0.2) is 19.9 Å². The van der Waals surface area contributed by atoms with Crippen LogP contribution in [0.1, 0.15) is 0 Å². The van der Waals surface area contributed by atoms with Crippen molar-refractivity contribution >= 4 is 0 Å². The number of nitrogens with zero attached hydrogens (tertiary/aromatic N) is 4. The molecule has 1 aliphatic rings. The van der Waals surface area contributed by atoms with Crippen LogP contribution < -0.4 is 0 Å². The van der Waals surface area contributed by atoms with Crippen LogP contribution in [0.4, 0.5) is 0 Å². The standard InChI is InChI=1S/C32H20N4/c1-3-9-25-23(7-1)24-8-2-4-10-26(24)30-20-22(32-35-17-6-18-36-32)12-14-28(30)27-13-11-21(19-29(25)27)31-33-15-5-16-34-31/h1-20H. The highest BCUT2D eigenvalue weighted by atomic mass is 14.9. The molecule has 36 heavy (non-hydrogen) atoms. The van der Waals surface area contributed by atoms with Gasteiger partial charge in [-0.3, -0.25) is 0 Å². The number of hydrogen-bond acceptors (Lipinski definition) is 4. The minimum atomic E-state index is 0.719. The van der Waals surface area contributed by atoms with Crippen LogP contribution in [-0.2, 0) is 0 Å². The van der Waals surface area contributed by atoms with Crippen molar-refractivity contribution in [1.82, 2.24) is 19.9 Å². The first-order valence-corrected chi connectivity index (χ1v) is 11.9. The average Bonchev–Trinajstić information content (AvgIpc) is 2.97. The number of aromatic nitrogens is 4. The van der Waals surface area contributed by atoms with Crippen molar-refractivity contribution < 1.29 is 0 Å². The van der Waals surface area contributed by atoms with Crippen molar-refractivity contribution in [2.75, 3.05) is 0 Å². The zero-order valence-electron chi connectivity index (χ0n) is 19.3. The van der Waals surface area contributed by atoms with E-state index in [1.807, 2.05) is 12.1 Å². The molecular weight excluding hydrogens is 440 g/mol. The number of rotatable bonds is 2. The van der Waals surface area contributed by atoms with Crippen LogP contribution in [0, 0.1) is 0 Å². The fraction of sp³-hybridized carbons (Fsp3) is 0. The maximum Gasteiger partial charge on any atom is 0.159 e. The van der Waals surface area contributed by atoms with Gasteiger partial charge in [-0.2, -0.15) is 0 Å². The van der Waals surface area contributed by atoms with Crippen molar-refractivity contribution in [2.45, 2.75) is 0 Å². The van der Waals surface area contributed by atoms with Gasteiger partial charge in [-0.15, -0.1) is 0 Å². The van der Waals surface area contributed by atoms with Crippen molar-refractivity contribution in [1.29, 1.82) is 0 Å². The fourth-order valence-electron chi connectivity index (χ4n) is 5.08. The van der Waals surface area contributed by atoms with Gasteiger partial charge in [0.1, 0.15) is 0 Å². The largest absolute Gasteiger partial charge is 0.237 e. The Hall–Kier alpha value is -4.96. The summed E-state index contributed by atoms with van der Waals surface area (Å²) in [5, 5.41) is 0. The summed E-state index contributed by atoms with van der Waals surface area (Å²) in [6.45, 7) is 0. The molecule has 4 nitrogen and oxygen atoms in total. The van der Waals surface area contributed by atoms with Gasteiger partial charge in [0.15, 0.2) is 11.6 Å². The Labute approximate surface area is 209 Å². The van der Waals surface area contributed by atoms with E-state index in [9.17, 15) is 0 Å². The normalized spacial score (nSPS) is 11.3. The van der Waals surface area contributed by atoms with Gasteiger partial charge in [0, 0.05) is 35.9 Å². The van der Waals surface area contributed by atoms with E-state index in [0.717, 1.165) is 33.9 Å². The molecule has 0 unspecified atom stereocenters. The average molecular weight is 461 g/mol. The summed E-state index contributed by atoms with van der Waals surface area (Å²) in [5.41, 5.74) is 11.4. The topological polar surface area (TPSA) is 51.6 Å². The molecule has 4 heteroatoms. The molecule has 4 aromatic carbocycles. The molecule has 0 spiro atoms. The molecule has 1 aliphatic carbocycles. The van der Waals surface area contributed by atoms with Gasteiger partial charge < -0.3 is 0 Å². The molecule has 0 atom stereocenters. The van der Waals surface area contributed by atoms with Crippen molar-refractivity contribution in [3.8, 4) is 67.3 Å². The van der Waals surface area contributed by atoms with E-state index in [-0.39, 0.29) is 0 Å². The molecule has 7 rings (SSSR count). The molecule has 0 aliphatic heterocycles. The summed E-state index contributed by atoms with van der Waals surface area (Å²) in [7, 11) is 0. The van der Waals surface area contributed by atoms with E-state index < -0.39 is 0 Å². The lowest BCUT2D eigenvalue weighted by atomic mass is 9.80. The van der Waals surface area contributed by atoms with Gasteiger partial charge in [-0.25, -0.2) is 19.9 Å². The van der Waals surface area contributed by atoms with Crippen molar-refractivity contribution in [3.63, 3.8) is 0 Å². The smallest absolute Gasteiger partial charge is 0.159 e. The second-order valence-corrected chi connectivity index (χ2v) is 8.76. The second-order valence-electron chi connectivity index (χ2n) is 8.76. The van der Waals surface area contributed by atoms with Crippen LogP contribution in [0.15, 0.2) is 122 Å². The number of benzene rings is 4. The monoisotopic (exact) mass is 460 g/mol. The lowest BCUT2D eigenvalue weighted by Crippen LogP contribution is -1.99. The van der Waals surface area contributed by atoms with Gasteiger partial charge in [-0.05, 0) is 68.8 Å². The van der Waals surface area contributed by atoms with E-state index >= 15 is 0 Å². The fourth-order valence-corrected chi connectivity index (χ4v) is 5.08.